The van der Waals surface area contributed by atoms with Crippen molar-refractivity contribution in [3.05, 3.63) is 17.9 Å². The monoisotopic (exact) mass is 207 g/mol. The quantitative estimate of drug-likeness (QED) is 0.769. The van der Waals surface area contributed by atoms with Crippen molar-refractivity contribution < 1.29 is 4.42 Å². The van der Waals surface area contributed by atoms with Crippen molar-refractivity contribution in [3.8, 4) is 11.6 Å². The number of furan rings is 1. The highest BCUT2D eigenvalue weighted by Gasteiger charge is 2.12. The summed E-state index contributed by atoms with van der Waals surface area (Å²) in [6.07, 6.45) is 0. The molecule has 3 N–H and O–H groups in total. The average molecular weight is 207 g/mol. The average Bonchev–Trinajstić information content (AvgIpc) is 2.83. The van der Waals surface area contributed by atoms with Gasteiger partial charge in [-0.1, -0.05) is 0 Å². The Morgan fingerprint density at radius 2 is 2.27 bits per heavy atom. The second-order valence-electron chi connectivity index (χ2n) is 3.13. The third-order valence-electron chi connectivity index (χ3n) is 2.18. The molecule has 0 atom stereocenters. The zero-order chi connectivity index (χ0) is 10.8. The van der Waals surface area contributed by atoms with Crippen molar-refractivity contribution in [1.82, 2.24) is 14.8 Å². The molecule has 0 spiro atoms. The third kappa shape index (κ3) is 1.59. The van der Waals surface area contributed by atoms with Crippen molar-refractivity contribution in [2.24, 2.45) is 12.8 Å². The first kappa shape index (κ1) is 9.72. The maximum absolute atomic E-state index is 5.48. The summed E-state index contributed by atoms with van der Waals surface area (Å²) in [5.74, 6) is 2.78. The first-order chi connectivity index (χ1) is 7.26. The first-order valence-electron chi connectivity index (χ1n) is 4.62. The van der Waals surface area contributed by atoms with Gasteiger partial charge in [-0.2, -0.15) is 0 Å². The summed E-state index contributed by atoms with van der Waals surface area (Å²) in [5, 5.41) is 10.9. The molecule has 6 nitrogen and oxygen atoms in total. The van der Waals surface area contributed by atoms with Gasteiger partial charge in [0.25, 0.3) is 0 Å². The fourth-order valence-corrected chi connectivity index (χ4v) is 1.37. The molecule has 0 aliphatic heterocycles. The smallest absolute Gasteiger partial charge is 0.224 e. The van der Waals surface area contributed by atoms with E-state index in [1.54, 1.807) is 7.05 Å². The zero-order valence-electron chi connectivity index (χ0n) is 8.69. The lowest BCUT2D eigenvalue weighted by Crippen LogP contribution is -1.99. The molecule has 0 aliphatic carbocycles. The molecule has 2 rings (SSSR count). The van der Waals surface area contributed by atoms with Crippen LogP contribution in [0, 0.1) is 0 Å². The van der Waals surface area contributed by atoms with Crippen LogP contribution >= 0.6 is 0 Å². The van der Waals surface area contributed by atoms with Gasteiger partial charge < -0.3 is 15.5 Å². The van der Waals surface area contributed by atoms with E-state index < -0.39 is 0 Å². The predicted octanol–water partition coefficient (Wildman–Crippen LogP) is 0.575. The van der Waals surface area contributed by atoms with Gasteiger partial charge in [-0.3, -0.25) is 4.57 Å². The standard InChI is InChI=1S/C9H13N5O/c1-11-9-13-12-8(14(9)2)7-4-3-6(5-10)15-7/h3-4H,5,10H2,1-2H3,(H,11,13). The van der Waals surface area contributed by atoms with E-state index in [0.717, 1.165) is 5.76 Å². The molecule has 2 heterocycles. The Bertz CT molecular complexity index is 459. The normalized spacial score (nSPS) is 10.6. The Morgan fingerprint density at radius 1 is 1.47 bits per heavy atom. The molecular weight excluding hydrogens is 194 g/mol. The van der Waals surface area contributed by atoms with Gasteiger partial charge in [0, 0.05) is 14.1 Å². The Morgan fingerprint density at radius 3 is 2.80 bits per heavy atom. The molecule has 0 radical (unpaired) electrons. The summed E-state index contributed by atoms with van der Waals surface area (Å²) in [5.41, 5.74) is 5.46. The molecule has 0 bridgehead atoms. The molecule has 0 aliphatic rings. The van der Waals surface area contributed by atoms with E-state index in [2.05, 4.69) is 15.5 Å². The van der Waals surface area contributed by atoms with Gasteiger partial charge in [-0.25, -0.2) is 0 Å². The molecule has 6 heteroatoms. The van der Waals surface area contributed by atoms with Crippen LogP contribution < -0.4 is 11.1 Å². The van der Waals surface area contributed by atoms with Crippen molar-refractivity contribution in [1.29, 1.82) is 0 Å². The summed E-state index contributed by atoms with van der Waals surface area (Å²) in [7, 11) is 3.66. The maximum Gasteiger partial charge on any atom is 0.224 e. The molecule has 15 heavy (non-hydrogen) atoms. The Balaban J connectivity index is 2.40. The topological polar surface area (TPSA) is 81.9 Å². The van der Waals surface area contributed by atoms with Crippen molar-refractivity contribution in [2.75, 3.05) is 12.4 Å². The van der Waals surface area contributed by atoms with E-state index in [4.69, 9.17) is 10.2 Å². The number of anilines is 1. The Hall–Kier alpha value is -1.82. The highest BCUT2D eigenvalue weighted by Crippen LogP contribution is 2.21. The van der Waals surface area contributed by atoms with Crippen LogP contribution in [0.15, 0.2) is 16.5 Å². The summed E-state index contributed by atoms with van der Waals surface area (Å²) >= 11 is 0. The van der Waals surface area contributed by atoms with Crippen LogP contribution in [0.2, 0.25) is 0 Å². The van der Waals surface area contributed by atoms with E-state index in [9.17, 15) is 0 Å². The lowest BCUT2D eigenvalue weighted by molar-refractivity contribution is 0.519. The van der Waals surface area contributed by atoms with Crippen molar-refractivity contribution in [3.63, 3.8) is 0 Å². The van der Waals surface area contributed by atoms with E-state index in [0.29, 0.717) is 24.1 Å². The van der Waals surface area contributed by atoms with Crippen molar-refractivity contribution in [2.45, 2.75) is 6.54 Å². The minimum Gasteiger partial charge on any atom is -0.456 e. The van der Waals surface area contributed by atoms with E-state index in [1.807, 2.05) is 23.7 Å². The first-order valence-corrected chi connectivity index (χ1v) is 4.62. The fraction of sp³-hybridized carbons (Fsp3) is 0.333. The van der Waals surface area contributed by atoms with Gasteiger partial charge in [-0.05, 0) is 12.1 Å². The fourth-order valence-electron chi connectivity index (χ4n) is 1.37. The number of nitrogens with one attached hydrogen (secondary N) is 1. The molecule has 0 unspecified atom stereocenters. The second-order valence-corrected chi connectivity index (χ2v) is 3.13. The maximum atomic E-state index is 5.48. The van der Waals surface area contributed by atoms with Crippen LogP contribution in [0.25, 0.3) is 11.6 Å². The van der Waals surface area contributed by atoms with E-state index in [1.165, 1.54) is 0 Å². The van der Waals surface area contributed by atoms with Crippen LogP contribution in [-0.4, -0.2) is 21.8 Å². The number of hydrogen-bond donors (Lipinski definition) is 2. The largest absolute Gasteiger partial charge is 0.456 e. The highest BCUT2D eigenvalue weighted by molar-refractivity contribution is 5.50. The number of aromatic nitrogens is 3. The van der Waals surface area contributed by atoms with E-state index >= 15 is 0 Å². The molecule has 0 saturated carbocycles. The molecule has 0 amide bonds. The van der Waals surface area contributed by atoms with Crippen molar-refractivity contribution >= 4 is 5.95 Å². The predicted molar refractivity (Wildman–Crippen MR) is 56.1 cm³/mol. The SMILES string of the molecule is CNc1nnc(-c2ccc(CN)o2)n1C. The van der Waals surface area contributed by atoms with Gasteiger partial charge >= 0.3 is 0 Å². The number of hydrogen-bond acceptors (Lipinski definition) is 5. The number of rotatable bonds is 3. The van der Waals surface area contributed by atoms with Gasteiger partial charge in [0.1, 0.15) is 5.76 Å². The molecule has 0 fully saturated rings. The van der Waals surface area contributed by atoms with Gasteiger partial charge in [0.05, 0.1) is 6.54 Å². The van der Waals surface area contributed by atoms with Gasteiger partial charge in [0.15, 0.2) is 5.76 Å². The highest BCUT2D eigenvalue weighted by atomic mass is 16.3. The Labute approximate surface area is 87.1 Å². The molecular formula is C9H13N5O. The van der Waals surface area contributed by atoms with E-state index in [-0.39, 0.29) is 0 Å². The third-order valence-corrected chi connectivity index (χ3v) is 2.18. The number of nitrogens with two attached hydrogens (primary N) is 1. The number of nitrogens with zero attached hydrogens (tertiary/aromatic N) is 3. The Kier molecular flexibility index (Phi) is 2.42. The summed E-state index contributed by atoms with van der Waals surface area (Å²) < 4.78 is 7.30. The summed E-state index contributed by atoms with van der Waals surface area (Å²) in [6, 6.07) is 3.68. The van der Waals surface area contributed by atoms with Crippen LogP contribution in [0.3, 0.4) is 0 Å². The minimum absolute atomic E-state index is 0.386. The molecule has 2 aromatic heterocycles. The molecule has 0 aromatic carbocycles. The van der Waals surface area contributed by atoms with Gasteiger partial charge in [0.2, 0.25) is 11.8 Å². The van der Waals surface area contributed by atoms with Crippen LogP contribution in [0.5, 0.6) is 0 Å². The minimum atomic E-state index is 0.386. The van der Waals surface area contributed by atoms with Crippen LogP contribution in [0.1, 0.15) is 5.76 Å². The molecule has 2 aromatic rings. The molecule has 80 valence electrons. The summed E-state index contributed by atoms with van der Waals surface area (Å²) in [4.78, 5) is 0. The second kappa shape index (κ2) is 3.74. The zero-order valence-corrected chi connectivity index (χ0v) is 8.69. The summed E-state index contributed by atoms with van der Waals surface area (Å²) in [6.45, 7) is 0.386. The lowest BCUT2D eigenvalue weighted by atomic mass is 10.4. The van der Waals surface area contributed by atoms with Gasteiger partial charge in [-0.15, -0.1) is 10.2 Å². The van der Waals surface area contributed by atoms with Crippen LogP contribution in [-0.2, 0) is 13.6 Å². The molecule has 0 saturated heterocycles. The lowest BCUT2D eigenvalue weighted by Gasteiger charge is -1.99. The van der Waals surface area contributed by atoms with Crippen LogP contribution in [0.4, 0.5) is 5.95 Å².